The molecular formula is C38H47ClN4O4S. The molecule has 48 heavy (non-hydrogen) atoms. The molecule has 7 atom stereocenters. The first-order chi connectivity index (χ1) is 23.0. The predicted octanol–water partition coefficient (Wildman–Crippen LogP) is 6.46. The number of benzene rings is 2. The maximum atomic E-state index is 13.9. The lowest BCUT2D eigenvalue weighted by Gasteiger charge is -2.50. The summed E-state index contributed by atoms with van der Waals surface area (Å²) < 4.78 is 32.1. The zero-order valence-corrected chi connectivity index (χ0v) is 30.0. The Kier molecular flexibility index (Phi) is 8.70. The van der Waals surface area contributed by atoms with Gasteiger partial charge in [0.1, 0.15) is 17.2 Å². The van der Waals surface area contributed by atoms with E-state index in [1.54, 1.807) is 13.2 Å². The lowest BCUT2D eigenvalue weighted by atomic mass is 9.63. The molecule has 1 aromatic heterocycles. The number of aryl methyl sites for hydroxylation is 2. The van der Waals surface area contributed by atoms with E-state index in [1.165, 1.54) is 11.1 Å². The summed E-state index contributed by atoms with van der Waals surface area (Å²) in [5.41, 5.74) is 2.92. The summed E-state index contributed by atoms with van der Waals surface area (Å²) in [6, 6.07) is 11.9. The molecule has 1 amide bonds. The van der Waals surface area contributed by atoms with Gasteiger partial charge in [-0.15, -0.1) is 0 Å². The van der Waals surface area contributed by atoms with Crippen molar-refractivity contribution in [2.45, 2.75) is 68.6 Å². The van der Waals surface area contributed by atoms with Crippen LogP contribution in [0.4, 0.5) is 5.69 Å². The highest BCUT2D eigenvalue weighted by molar-refractivity contribution is 7.99. The molecule has 1 unspecified atom stereocenters. The molecule has 1 spiro atoms. The van der Waals surface area contributed by atoms with Gasteiger partial charge >= 0.3 is 0 Å². The number of rotatable bonds is 2. The molecule has 7 rings (SSSR count). The van der Waals surface area contributed by atoms with Crippen molar-refractivity contribution < 1.29 is 18.5 Å². The van der Waals surface area contributed by atoms with Gasteiger partial charge in [-0.25, -0.2) is 9.19 Å². The average Bonchev–Trinajstić information content (AvgIpc) is 3.42. The van der Waals surface area contributed by atoms with Crippen LogP contribution in [0.2, 0.25) is 5.02 Å². The van der Waals surface area contributed by atoms with Crippen LogP contribution in [-0.4, -0.2) is 57.6 Å². The maximum absolute atomic E-state index is 13.9. The summed E-state index contributed by atoms with van der Waals surface area (Å²) in [6.45, 7) is 6.00. The van der Waals surface area contributed by atoms with Gasteiger partial charge in [-0.3, -0.25) is 9.52 Å². The van der Waals surface area contributed by atoms with Crippen LogP contribution in [0.25, 0.3) is 0 Å². The number of halogens is 1. The standard InChI is InChI=1S/C38H47ClN4O4S/c1-25-8-6-17-38(46-4,36-40-18-19-42(36)3)32-13-10-29(32)22-43-23-37(16-7-9-27-20-30(39)12-14-31(27)37)24-47-34-15-11-28(21-33(34)43)35(44)41-48(5,45)26(25)2/h6,11-12,14-15,17-21,25-26,29,32H,5,7-10,13,16,22-24H2,1-4H3,(H,41,44,45)/b17-6+/t25-,26+,29-,32+,37-,38+,48?/m0/s1. The van der Waals surface area contributed by atoms with Crippen LogP contribution in [0, 0.1) is 17.8 Å². The van der Waals surface area contributed by atoms with E-state index in [0.717, 1.165) is 67.5 Å². The van der Waals surface area contributed by atoms with Crippen LogP contribution in [-0.2, 0) is 38.9 Å². The van der Waals surface area contributed by atoms with E-state index in [9.17, 15) is 9.00 Å². The molecule has 4 aliphatic rings. The summed E-state index contributed by atoms with van der Waals surface area (Å²) in [7, 11) is 0.846. The van der Waals surface area contributed by atoms with Gasteiger partial charge in [-0.2, -0.15) is 0 Å². The summed E-state index contributed by atoms with van der Waals surface area (Å²) in [6.07, 6.45) is 13.9. The number of hydrogen-bond acceptors (Lipinski definition) is 6. The molecule has 3 heterocycles. The van der Waals surface area contributed by atoms with Crippen LogP contribution < -0.4 is 14.4 Å². The Morgan fingerprint density at radius 3 is 2.75 bits per heavy atom. The first-order valence-electron chi connectivity index (χ1n) is 17.2. The Morgan fingerprint density at radius 1 is 1.19 bits per heavy atom. The van der Waals surface area contributed by atoms with Crippen LogP contribution in [0.3, 0.4) is 0 Å². The van der Waals surface area contributed by atoms with Gasteiger partial charge in [0.25, 0.3) is 5.91 Å². The minimum Gasteiger partial charge on any atom is -0.490 e. The van der Waals surface area contributed by atoms with Crippen molar-refractivity contribution in [3.63, 3.8) is 0 Å². The minimum atomic E-state index is -2.97. The number of aromatic nitrogens is 2. The molecule has 2 aromatic carbocycles. The Labute approximate surface area is 290 Å². The van der Waals surface area contributed by atoms with Crippen LogP contribution >= 0.6 is 11.6 Å². The lowest BCUT2D eigenvalue weighted by molar-refractivity contribution is -0.0874. The van der Waals surface area contributed by atoms with E-state index in [0.29, 0.717) is 24.5 Å². The van der Waals surface area contributed by atoms with E-state index in [1.807, 2.05) is 44.6 Å². The largest absolute Gasteiger partial charge is 0.490 e. The molecule has 0 saturated heterocycles. The van der Waals surface area contributed by atoms with Crippen LogP contribution in [0.15, 0.2) is 60.9 Å². The topological polar surface area (TPSA) is 85.7 Å². The Balaban J connectivity index is 1.36. The summed E-state index contributed by atoms with van der Waals surface area (Å²) >= 11 is 6.48. The van der Waals surface area contributed by atoms with Crippen molar-refractivity contribution in [2.75, 3.05) is 31.7 Å². The van der Waals surface area contributed by atoms with Gasteiger partial charge in [-0.1, -0.05) is 30.7 Å². The third-order valence-corrected chi connectivity index (χ3v) is 14.2. The molecule has 2 aliphatic heterocycles. The third kappa shape index (κ3) is 5.65. The fourth-order valence-electron chi connectivity index (χ4n) is 8.64. The summed E-state index contributed by atoms with van der Waals surface area (Å²) in [4.78, 5) is 21.0. The first kappa shape index (κ1) is 33.2. The number of anilines is 1. The highest BCUT2D eigenvalue weighted by atomic mass is 35.5. The predicted molar refractivity (Wildman–Crippen MR) is 193 cm³/mol. The first-order valence-corrected chi connectivity index (χ1v) is 19.3. The molecule has 2 aliphatic carbocycles. The Hall–Kier alpha value is -3.27. The van der Waals surface area contributed by atoms with Gasteiger partial charge < -0.3 is 18.9 Å². The van der Waals surface area contributed by atoms with Crippen molar-refractivity contribution in [3.05, 3.63) is 88.5 Å². The van der Waals surface area contributed by atoms with E-state index in [-0.39, 0.29) is 28.4 Å². The number of nitrogens with one attached hydrogen (secondary N) is 1. The van der Waals surface area contributed by atoms with Crippen molar-refractivity contribution >= 4 is 38.8 Å². The quantitative estimate of drug-likeness (QED) is 0.246. The second-order valence-corrected chi connectivity index (χ2v) is 17.4. The van der Waals surface area contributed by atoms with Gasteiger partial charge in [0, 0.05) is 66.8 Å². The summed E-state index contributed by atoms with van der Waals surface area (Å²) in [5.74, 6) is 5.73. The number of methoxy groups -OCH3 is 1. The number of fused-ring (bicyclic) bond motifs is 4. The molecule has 1 saturated carbocycles. The molecule has 3 aromatic rings. The van der Waals surface area contributed by atoms with E-state index >= 15 is 0 Å². The second-order valence-electron chi connectivity index (χ2n) is 14.6. The van der Waals surface area contributed by atoms with Crippen molar-refractivity contribution in [1.82, 2.24) is 14.3 Å². The van der Waals surface area contributed by atoms with E-state index < -0.39 is 15.3 Å². The molecule has 256 valence electrons. The highest BCUT2D eigenvalue weighted by Gasteiger charge is 2.51. The molecule has 8 nitrogen and oxygen atoms in total. The average molecular weight is 691 g/mol. The lowest BCUT2D eigenvalue weighted by Crippen LogP contribution is -2.52. The SMILES string of the molecule is C=S1(=O)NC(=O)c2ccc3c(c2)N(C[C@@H]2CC[C@H]2[C@@](OC)(c2nccn2C)/C=C/C[C@H](C)[C@H]1C)C[C@@]1(CCCc2cc(Cl)ccc21)CO3. The number of carbonyl (C=O) groups excluding carboxylic acids is 1. The zero-order valence-electron chi connectivity index (χ0n) is 28.4. The number of nitrogens with zero attached hydrogens (tertiary/aromatic N) is 3. The second kappa shape index (κ2) is 12.6. The van der Waals surface area contributed by atoms with Crippen molar-refractivity contribution in [1.29, 1.82) is 0 Å². The molecule has 2 bridgehead atoms. The van der Waals surface area contributed by atoms with Gasteiger partial charge in [0.2, 0.25) is 0 Å². The smallest absolute Gasteiger partial charge is 0.262 e. The van der Waals surface area contributed by atoms with Crippen LogP contribution in [0.5, 0.6) is 5.75 Å². The maximum Gasteiger partial charge on any atom is 0.262 e. The third-order valence-electron chi connectivity index (χ3n) is 11.8. The van der Waals surface area contributed by atoms with Crippen molar-refractivity contribution in [2.24, 2.45) is 24.8 Å². The van der Waals surface area contributed by atoms with Gasteiger partial charge in [0.15, 0.2) is 0 Å². The molecule has 1 fully saturated rings. The highest BCUT2D eigenvalue weighted by Crippen LogP contribution is 2.51. The number of carbonyl (C=O) groups is 1. The fourth-order valence-corrected chi connectivity index (χ4v) is 10.3. The Bertz CT molecular complexity index is 1860. The minimum absolute atomic E-state index is 0.00653. The zero-order chi connectivity index (χ0) is 33.8. The number of allylic oxidation sites excluding steroid dienone is 1. The van der Waals surface area contributed by atoms with Crippen molar-refractivity contribution in [3.8, 4) is 5.75 Å². The van der Waals surface area contributed by atoms with Gasteiger partial charge in [-0.05, 0) is 111 Å². The number of hydrogen-bond donors (Lipinski definition) is 1. The number of imidazole rings is 1. The van der Waals surface area contributed by atoms with Crippen LogP contribution in [0.1, 0.15) is 73.3 Å². The number of amides is 1. The van der Waals surface area contributed by atoms with Gasteiger partial charge in [0.05, 0.1) is 22.0 Å². The molecule has 0 radical (unpaired) electrons. The fraction of sp³-hybridized carbons (Fsp3) is 0.500. The monoisotopic (exact) mass is 690 g/mol. The Morgan fingerprint density at radius 2 is 2.02 bits per heavy atom. The normalized spacial score (nSPS) is 34.2. The number of ether oxygens (including phenoxy) is 2. The van der Waals surface area contributed by atoms with E-state index in [2.05, 4.69) is 51.3 Å². The summed E-state index contributed by atoms with van der Waals surface area (Å²) in [5, 5.41) is 0.395. The molecule has 1 N–H and O–H groups in total. The molecule has 10 heteroatoms. The van der Waals surface area contributed by atoms with E-state index in [4.69, 9.17) is 26.1 Å². The molecular weight excluding hydrogens is 644 g/mol.